The average molecular weight is 262 g/mol. The highest BCUT2D eigenvalue weighted by Gasteiger charge is 2.11. The van der Waals surface area contributed by atoms with Gasteiger partial charge < -0.3 is 9.72 Å². The van der Waals surface area contributed by atoms with Gasteiger partial charge in [0.2, 0.25) is 0 Å². The number of hydrogen-bond acceptors (Lipinski definition) is 3. The van der Waals surface area contributed by atoms with E-state index in [4.69, 9.17) is 4.74 Å². The van der Waals surface area contributed by atoms with Crippen molar-refractivity contribution in [2.45, 2.75) is 19.8 Å². The van der Waals surface area contributed by atoms with Crippen LogP contribution in [-0.2, 0) is 17.6 Å². The number of nitrogens with one attached hydrogen (secondary N) is 1. The van der Waals surface area contributed by atoms with Crippen LogP contribution in [0.2, 0.25) is 0 Å². The Kier molecular flexibility index (Phi) is 4.28. The molecule has 2 aromatic rings. The molecule has 0 saturated heterocycles. The highest BCUT2D eigenvalue weighted by molar-refractivity contribution is 5.86. The van der Waals surface area contributed by atoms with Gasteiger partial charge in [0.25, 0.3) is 0 Å². The molecular weight excluding hydrogens is 247 g/mol. The van der Waals surface area contributed by atoms with Crippen LogP contribution in [0.25, 0.3) is 0 Å². The first kappa shape index (κ1) is 13.3. The van der Waals surface area contributed by atoms with Crippen molar-refractivity contribution >= 4 is 5.97 Å². The van der Waals surface area contributed by atoms with Crippen LogP contribution in [0.15, 0.2) is 30.5 Å². The van der Waals surface area contributed by atoms with Crippen molar-refractivity contribution in [3.05, 3.63) is 53.4 Å². The van der Waals surface area contributed by atoms with Crippen LogP contribution in [-0.4, -0.2) is 22.5 Å². The number of carbonyl (C=O) groups is 1. The Morgan fingerprint density at radius 1 is 1.37 bits per heavy atom. The van der Waals surface area contributed by atoms with Crippen LogP contribution in [0.5, 0.6) is 0 Å². The number of hydrogen-bond donors (Lipinski definition) is 1. The van der Waals surface area contributed by atoms with Gasteiger partial charge in [-0.3, -0.25) is 0 Å². The molecule has 2 rings (SSSR count). The van der Waals surface area contributed by atoms with Crippen molar-refractivity contribution in [1.29, 1.82) is 0 Å². The maximum absolute atomic E-state index is 13.4. The summed E-state index contributed by atoms with van der Waals surface area (Å²) < 4.78 is 18.3. The molecule has 0 spiro atoms. The van der Waals surface area contributed by atoms with E-state index in [1.54, 1.807) is 25.1 Å². The number of esters is 1. The van der Waals surface area contributed by atoms with Gasteiger partial charge >= 0.3 is 5.97 Å². The van der Waals surface area contributed by atoms with Gasteiger partial charge in [0.1, 0.15) is 11.6 Å². The third-order valence-electron chi connectivity index (χ3n) is 2.70. The van der Waals surface area contributed by atoms with Crippen LogP contribution in [0.4, 0.5) is 4.39 Å². The molecule has 0 fully saturated rings. The van der Waals surface area contributed by atoms with Crippen molar-refractivity contribution in [3.63, 3.8) is 0 Å². The molecule has 0 unspecified atom stereocenters. The summed E-state index contributed by atoms with van der Waals surface area (Å²) in [5.41, 5.74) is 0.891. The molecule has 1 N–H and O–H groups in total. The number of aromatic nitrogens is 2. The van der Waals surface area contributed by atoms with Crippen LogP contribution in [0.3, 0.4) is 0 Å². The fraction of sp³-hybridized carbons (Fsp3) is 0.286. The Morgan fingerprint density at radius 3 is 2.89 bits per heavy atom. The Hall–Kier alpha value is -2.17. The SMILES string of the molecule is CCOC(=O)c1c[nH]c(CCc2ccccc2F)n1. The van der Waals surface area contributed by atoms with Gasteiger partial charge in [0, 0.05) is 12.6 Å². The third-order valence-corrected chi connectivity index (χ3v) is 2.70. The van der Waals surface area contributed by atoms with Gasteiger partial charge in [0.05, 0.1) is 6.61 Å². The molecule has 1 heterocycles. The molecule has 0 saturated carbocycles. The Balaban J connectivity index is 1.97. The fourth-order valence-corrected chi connectivity index (χ4v) is 1.75. The summed E-state index contributed by atoms with van der Waals surface area (Å²) in [6, 6.07) is 6.63. The standard InChI is InChI=1S/C14H15FN2O2/c1-2-19-14(18)12-9-16-13(17-12)8-7-10-5-3-4-6-11(10)15/h3-6,9H,2,7-8H2,1H3,(H,16,17). The number of aryl methyl sites for hydroxylation is 2. The Labute approximate surface area is 110 Å². The first-order chi connectivity index (χ1) is 9.20. The third kappa shape index (κ3) is 3.40. The molecule has 0 bridgehead atoms. The zero-order valence-electron chi connectivity index (χ0n) is 10.6. The minimum atomic E-state index is -0.448. The average Bonchev–Trinajstić information content (AvgIpc) is 2.87. The summed E-state index contributed by atoms with van der Waals surface area (Å²) >= 11 is 0. The molecule has 100 valence electrons. The number of aromatic amines is 1. The van der Waals surface area contributed by atoms with Gasteiger partial charge in [-0.1, -0.05) is 18.2 Å². The molecule has 0 atom stereocenters. The van der Waals surface area contributed by atoms with Gasteiger partial charge in [-0.15, -0.1) is 0 Å². The predicted octanol–water partition coefficient (Wildman–Crippen LogP) is 2.51. The number of benzene rings is 1. The fourth-order valence-electron chi connectivity index (χ4n) is 1.75. The van der Waals surface area contributed by atoms with Crippen molar-refractivity contribution in [2.24, 2.45) is 0 Å². The quantitative estimate of drug-likeness (QED) is 0.842. The molecule has 0 radical (unpaired) electrons. The Morgan fingerprint density at radius 2 is 2.16 bits per heavy atom. The van der Waals surface area contributed by atoms with Crippen molar-refractivity contribution in [2.75, 3.05) is 6.61 Å². The minimum absolute atomic E-state index is 0.223. The molecule has 5 heteroatoms. The Bertz CT molecular complexity index is 566. The summed E-state index contributed by atoms with van der Waals surface area (Å²) in [5.74, 6) is -0.0260. The molecule has 0 amide bonds. The van der Waals surface area contributed by atoms with E-state index in [1.165, 1.54) is 12.3 Å². The van der Waals surface area contributed by atoms with Crippen LogP contribution in [0.1, 0.15) is 28.8 Å². The predicted molar refractivity (Wildman–Crippen MR) is 68.4 cm³/mol. The van der Waals surface area contributed by atoms with Crippen LogP contribution < -0.4 is 0 Å². The van der Waals surface area contributed by atoms with Crippen molar-refractivity contribution < 1.29 is 13.9 Å². The minimum Gasteiger partial charge on any atom is -0.461 e. The number of imidazole rings is 1. The topological polar surface area (TPSA) is 55.0 Å². The molecule has 4 nitrogen and oxygen atoms in total. The van der Waals surface area contributed by atoms with Gasteiger partial charge in [-0.2, -0.15) is 0 Å². The van der Waals surface area contributed by atoms with Crippen LogP contribution in [0, 0.1) is 5.82 Å². The lowest BCUT2D eigenvalue weighted by atomic mass is 10.1. The van der Waals surface area contributed by atoms with Crippen LogP contribution >= 0.6 is 0 Å². The lowest BCUT2D eigenvalue weighted by Gasteiger charge is -2.00. The van der Waals surface area contributed by atoms with E-state index in [2.05, 4.69) is 9.97 Å². The molecule has 0 aliphatic heterocycles. The zero-order valence-corrected chi connectivity index (χ0v) is 10.6. The van der Waals surface area contributed by atoms with Gasteiger partial charge in [0.15, 0.2) is 5.69 Å². The molecule has 1 aromatic heterocycles. The smallest absolute Gasteiger partial charge is 0.358 e. The second-order valence-corrected chi connectivity index (χ2v) is 4.04. The van der Waals surface area contributed by atoms with E-state index < -0.39 is 5.97 Å². The monoisotopic (exact) mass is 262 g/mol. The zero-order chi connectivity index (χ0) is 13.7. The molecule has 1 aromatic carbocycles. The van der Waals surface area contributed by atoms with E-state index in [-0.39, 0.29) is 11.5 Å². The summed E-state index contributed by atoms with van der Waals surface area (Å²) in [4.78, 5) is 18.4. The lowest BCUT2D eigenvalue weighted by molar-refractivity contribution is 0.0520. The van der Waals surface area contributed by atoms with E-state index >= 15 is 0 Å². The maximum atomic E-state index is 13.4. The number of rotatable bonds is 5. The largest absolute Gasteiger partial charge is 0.461 e. The molecule has 0 aliphatic carbocycles. The molecule has 0 aliphatic rings. The summed E-state index contributed by atoms with van der Waals surface area (Å²) in [7, 11) is 0. The highest BCUT2D eigenvalue weighted by Crippen LogP contribution is 2.10. The first-order valence-corrected chi connectivity index (χ1v) is 6.15. The number of nitrogens with zero attached hydrogens (tertiary/aromatic N) is 1. The number of ether oxygens (including phenoxy) is 1. The molecule has 19 heavy (non-hydrogen) atoms. The van der Waals surface area contributed by atoms with E-state index in [1.807, 2.05) is 0 Å². The van der Waals surface area contributed by atoms with Gasteiger partial charge in [-0.25, -0.2) is 14.2 Å². The van der Waals surface area contributed by atoms with E-state index in [9.17, 15) is 9.18 Å². The first-order valence-electron chi connectivity index (χ1n) is 6.15. The number of halogens is 1. The van der Waals surface area contributed by atoms with Gasteiger partial charge in [-0.05, 0) is 25.0 Å². The lowest BCUT2D eigenvalue weighted by Crippen LogP contribution is -2.05. The van der Waals surface area contributed by atoms with E-state index in [0.29, 0.717) is 30.8 Å². The number of H-pyrrole nitrogens is 1. The van der Waals surface area contributed by atoms with E-state index in [0.717, 1.165) is 0 Å². The van der Waals surface area contributed by atoms with Crippen molar-refractivity contribution in [3.8, 4) is 0 Å². The normalized spacial score (nSPS) is 10.4. The molecular formula is C14H15FN2O2. The summed E-state index contributed by atoms with van der Waals surface area (Å²) in [5, 5.41) is 0. The summed E-state index contributed by atoms with van der Waals surface area (Å²) in [6.07, 6.45) is 2.58. The second kappa shape index (κ2) is 6.13. The van der Waals surface area contributed by atoms with Crippen molar-refractivity contribution in [1.82, 2.24) is 9.97 Å². The number of carbonyl (C=O) groups excluding carboxylic acids is 1. The highest BCUT2D eigenvalue weighted by atomic mass is 19.1. The second-order valence-electron chi connectivity index (χ2n) is 4.04. The summed E-state index contributed by atoms with van der Waals surface area (Å²) in [6.45, 7) is 2.06. The maximum Gasteiger partial charge on any atom is 0.358 e.